The van der Waals surface area contributed by atoms with Crippen LogP contribution < -0.4 is 0 Å². The molecule has 0 amide bonds. The van der Waals surface area contributed by atoms with Gasteiger partial charge < -0.3 is 14.2 Å². The zero-order valence-electron chi connectivity index (χ0n) is 34.6. The van der Waals surface area contributed by atoms with Crippen LogP contribution in [0.3, 0.4) is 0 Å². The Morgan fingerprint density at radius 2 is 0.686 bits per heavy atom. The van der Waals surface area contributed by atoms with Gasteiger partial charge in [-0.2, -0.15) is 0 Å². The van der Waals surface area contributed by atoms with Crippen molar-refractivity contribution in [3.8, 4) is 0 Å². The van der Waals surface area contributed by atoms with E-state index in [1.807, 2.05) is 0 Å². The molecule has 0 bridgehead atoms. The van der Waals surface area contributed by atoms with Gasteiger partial charge in [-0.25, -0.2) is 0 Å². The third-order valence-corrected chi connectivity index (χ3v) is 10.4. The van der Waals surface area contributed by atoms with E-state index in [1.165, 1.54) is 141 Å². The Hall–Kier alpha value is -1.59. The molecular weight excluding hydrogens is 636 g/mol. The van der Waals surface area contributed by atoms with Crippen LogP contribution in [0, 0.1) is 5.92 Å². The molecule has 302 valence electrons. The number of carbonyl (C=O) groups is 3. The molecule has 6 heteroatoms. The van der Waals surface area contributed by atoms with Gasteiger partial charge in [0.2, 0.25) is 0 Å². The summed E-state index contributed by atoms with van der Waals surface area (Å²) >= 11 is 0. The average Bonchev–Trinajstić information content (AvgIpc) is 3.13. The first kappa shape index (κ1) is 49.4. The maximum Gasteiger partial charge on any atom is 0.306 e. The Morgan fingerprint density at radius 3 is 1.02 bits per heavy atom. The number of hydrogen-bond donors (Lipinski definition) is 0. The van der Waals surface area contributed by atoms with Crippen LogP contribution in [-0.4, -0.2) is 37.2 Å². The van der Waals surface area contributed by atoms with Gasteiger partial charge in [-0.15, -0.1) is 0 Å². The monoisotopic (exact) mass is 723 g/mol. The molecule has 6 nitrogen and oxygen atoms in total. The molecule has 0 N–H and O–H groups in total. The average molecular weight is 723 g/mol. The van der Waals surface area contributed by atoms with Gasteiger partial charge in [0, 0.05) is 19.3 Å². The Balaban J connectivity index is 4.32. The quantitative estimate of drug-likeness (QED) is 0.0356. The Labute approximate surface area is 317 Å². The first-order chi connectivity index (χ1) is 24.9. The van der Waals surface area contributed by atoms with E-state index in [1.54, 1.807) is 0 Å². The molecule has 0 aromatic heterocycles. The lowest BCUT2D eigenvalue weighted by Crippen LogP contribution is -2.30. The van der Waals surface area contributed by atoms with Crippen molar-refractivity contribution < 1.29 is 28.6 Å². The van der Waals surface area contributed by atoms with E-state index in [9.17, 15) is 14.4 Å². The zero-order chi connectivity index (χ0) is 37.5. The molecule has 0 rings (SSSR count). The fourth-order valence-electron chi connectivity index (χ4n) is 6.59. The largest absolute Gasteiger partial charge is 0.462 e. The van der Waals surface area contributed by atoms with Gasteiger partial charge in [0.1, 0.15) is 13.2 Å². The van der Waals surface area contributed by atoms with E-state index in [4.69, 9.17) is 14.2 Å². The van der Waals surface area contributed by atoms with E-state index in [2.05, 4.69) is 27.7 Å². The molecule has 0 fully saturated rings. The summed E-state index contributed by atoms with van der Waals surface area (Å²) in [5.41, 5.74) is 0. The van der Waals surface area contributed by atoms with Gasteiger partial charge >= 0.3 is 17.9 Å². The first-order valence-electron chi connectivity index (χ1n) is 22.4. The van der Waals surface area contributed by atoms with Gasteiger partial charge in [-0.1, -0.05) is 207 Å². The fraction of sp³-hybridized carbons (Fsp3) is 0.933. The fourth-order valence-corrected chi connectivity index (χ4v) is 6.59. The lowest BCUT2D eigenvalue weighted by atomic mass is 10.00. The van der Waals surface area contributed by atoms with Crippen molar-refractivity contribution in [2.24, 2.45) is 5.92 Å². The Kier molecular flexibility index (Phi) is 38.4. The molecule has 0 saturated carbocycles. The molecule has 0 spiro atoms. The summed E-state index contributed by atoms with van der Waals surface area (Å²) in [5.74, 6) is -0.0456. The van der Waals surface area contributed by atoms with Crippen LogP contribution in [0.1, 0.15) is 246 Å². The maximum atomic E-state index is 12.7. The highest BCUT2D eigenvalue weighted by Crippen LogP contribution is 2.16. The van der Waals surface area contributed by atoms with E-state index >= 15 is 0 Å². The number of hydrogen-bond acceptors (Lipinski definition) is 6. The molecule has 0 radical (unpaired) electrons. The van der Waals surface area contributed by atoms with Crippen molar-refractivity contribution in [1.82, 2.24) is 0 Å². The van der Waals surface area contributed by atoms with Gasteiger partial charge in [-0.05, 0) is 25.2 Å². The topological polar surface area (TPSA) is 78.9 Å². The first-order valence-corrected chi connectivity index (χ1v) is 22.4. The summed E-state index contributed by atoms with van der Waals surface area (Å²) in [7, 11) is 0. The van der Waals surface area contributed by atoms with Gasteiger partial charge in [0.25, 0.3) is 0 Å². The van der Waals surface area contributed by atoms with Crippen molar-refractivity contribution in [2.75, 3.05) is 13.2 Å². The summed E-state index contributed by atoms with van der Waals surface area (Å²) in [6.45, 7) is 8.95. The minimum absolute atomic E-state index is 0.0648. The van der Waals surface area contributed by atoms with Crippen molar-refractivity contribution in [3.63, 3.8) is 0 Å². The molecule has 0 aliphatic heterocycles. The van der Waals surface area contributed by atoms with E-state index < -0.39 is 6.10 Å². The maximum absolute atomic E-state index is 12.7. The highest BCUT2D eigenvalue weighted by molar-refractivity contribution is 5.71. The van der Waals surface area contributed by atoms with Crippen LogP contribution in [0.15, 0.2) is 0 Å². The lowest BCUT2D eigenvalue weighted by Gasteiger charge is -2.18. The molecule has 0 saturated heterocycles. The van der Waals surface area contributed by atoms with Gasteiger partial charge in [-0.3, -0.25) is 14.4 Å². The third kappa shape index (κ3) is 38.0. The lowest BCUT2D eigenvalue weighted by molar-refractivity contribution is -0.167. The van der Waals surface area contributed by atoms with Crippen LogP contribution >= 0.6 is 0 Å². The number of unbranched alkanes of at least 4 members (excludes halogenated alkanes) is 26. The molecule has 1 unspecified atom stereocenters. The molecule has 0 heterocycles. The van der Waals surface area contributed by atoms with Gasteiger partial charge in [0.05, 0.1) is 0 Å². The van der Waals surface area contributed by atoms with Crippen molar-refractivity contribution >= 4 is 17.9 Å². The minimum Gasteiger partial charge on any atom is -0.462 e. The van der Waals surface area contributed by atoms with Gasteiger partial charge in [0.15, 0.2) is 6.10 Å². The summed E-state index contributed by atoms with van der Waals surface area (Å²) in [5, 5.41) is 0. The molecule has 2 atom stereocenters. The normalized spacial score (nSPS) is 12.5. The summed E-state index contributed by atoms with van der Waals surface area (Å²) in [4.78, 5) is 37.6. The summed E-state index contributed by atoms with van der Waals surface area (Å²) in [6.07, 6.45) is 38.0. The molecule has 0 aromatic carbocycles. The molecule has 0 aliphatic carbocycles. The molecular formula is C45H86O6. The van der Waals surface area contributed by atoms with Crippen LogP contribution in [0.25, 0.3) is 0 Å². The zero-order valence-corrected chi connectivity index (χ0v) is 34.6. The number of esters is 3. The molecule has 0 aliphatic rings. The smallest absolute Gasteiger partial charge is 0.306 e. The Bertz CT molecular complexity index is 768. The Morgan fingerprint density at radius 1 is 0.392 bits per heavy atom. The summed E-state index contributed by atoms with van der Waals surface area (Å²) < 4.78 is 16.7. The predicted octanol–water partition coefficient (Wildman–Crippen LogP) is 13.9. The van der Waals surface area contributed by atoms with Crippen molar-refractivity contribution in [2.45, 2.75) is 252 Å². The van der Waals surface area contributed by atoms with Crippen LogP contribution in [-0.2, 0) is 28.6 Å². The second-order valence-electron chi connectivity index (χ2n) is 15.6. The van der Waals surface area contributed by atoms with E-state index in [0.717, 1.165) is 63.7 Å². The molecule has 0 aromatic rings. The van der Waals surface area contributed by atoms with Crippen molar-refractivity contribution in [1.29, 1.82) is 0 Å². The summed E-state index contributed by atoms with van der Waals surface area (Å²) in [6, 6.07) is 0. The number of rotatable bonds is 40. The number of ether oxygens (including phenoxy) is 3. The van der Waals surface area contributed by atoms with E-state index in [0.29, 0.717) is 19.3 Å². The number of carbonyl (C=O) groups excluding carboxylic acids is 3. The van der Waals surface area contributed by atoms with Crippen LogP contribution in [0.2, 0.25) is 0 Å². The standard InChI is InChI=1S/C45H86O6/c1-5-8-10-12-14-16-17-18-19-20-22-24-30-34-38-45(48)51-42(39-49-43(46)36-32-28-23-21-15-13-11-9-6-2)40-50-44(47)37-33-29-26-25-27-31-35-41(4)7-3/h41-42H,5-40H2,1-4H3/t41?,42-/m0/s1. The third-order valence-electron chi connectivity index (χ3n) is 10.4. The predicted molar refractivity (Wildman–Crippen MR) is 215 cm³/mol. The SMILES string of the molecule is CCCCCCCCCCCCCCCCC(=O)O[C@@H](COC(=O)CCCCCCCCCCC)COC(=O)CCCCCCCCC(C)CC. The van der Waals surface area contributed by atoms with Crippen LogP contribution in [0.5, 0.6) is 0 Å². The highest BCUT2D eigenvalue weighted by Gasteiger charge is 2.19. The second kappa shape index (κ2) is 39.6. The van der Waals surface area contributed by atoms with E-state index in [-0.39, 0.29) is 31.1 Å². The molecule has 51 heavy (non-hydrogen) atoms. The van der Waals surface area contributed by atoms with Crippen LogP contribution in [0.4, 0.5) is 0 Å². The minimum atomic E-state index is -0.759. The van der Waals surface area contributed by atoms with Crippen molar-refractivity contribution in [3.05, 3.63) is 0 Å². The highest BCUT2D eigenvalue weighted by atomic mass is 16.6. The second-order valence-corrected chi connectivity index (χ2v) is 15.6.